The number of nitrogens with two attached hydrogens (primary N) is 1. The van der Waals surface area contributed by atoms with E-state index in [1.54, 1.807) is 0 Å². The van der Waals surface area contributed by atoms with Crippen molar-refractivity contribution in [1.82, 2.24) is 0 Å². The van der Waals surface area contributed by atoms with Gasteiger partial charge >= 0.3 is 5.97 Å². The van der Waals surface area contributed by atoms with Gasteiger partial charge in [-0.25, -0.2) is 9.18 Å². The van der Waals surface area contributed by atoms with Crippen LogP contribution in [0.4, 0.5) is 4.39 Å². The second kappa shape index (κ2) is 5.07. The van der Waals surface area contributed by atoms with Gasteiger partial charge in [0.15, 0.2) is 6.10 Å². The van der Waals surface area contributed by atoms with E-state index in [2.05, 4.69) is 15.9 Å². The molecular formula is C10H9BrFNO3. The zero-order valence-corrected chi connectivity index (χ0v) is 9.95. The standard InChI is InChI=1S/C10H9BrFNO3/c1-5(9(13)14)16-10(15)7-3-2-6(12)4-8(7)11/h2-5H,1H3,(H2,13,14)/t5-/m0/s1. The molecule has 16 heavy (non-hydrogen) atoms. The highest BCUT2D eigenvalue weighted by Gasteiger charge is 2.18. The molecule has 0 aliphatic heterocycles. The molecule has 1 aromatic rings. The average molecular weight is 290 g/mol. The van der Waals surface area contributed by atoms with Crippen molar-refractivity contribution < 1.29 is 18.7 Å². The zero-order valence-electron chi connectivity index (χ0n) is 8.37. The number of amides is 1. The van der Waals surface area contributed by atoms with Crippen LogP contribution in [0.1, 0.15) is 17.3 Å². The molecule has 0 aromatic heterocycles. The van der Waals surface area contributed by atoms with Gasteiger partial charge in [0.1, 0.15) is 5.82 Å². The van der Waals surface area contributed by atoms with E-state index < -0.39 is 23.8 Å². The molecule has 1 amide bonds. The fraction of sp³-hybridized carbons (Fsp3) is 0.200. The van der Waals surface area contributed by atoms with Crippen LogP contribution >= 0.6 is 15.9 Å². The van der Waals surface area contributed by atoms with Gasteiger partial charge in [-0.05, 0) is 41.1 Å². The van der Waals surface area contributed by atoms with Crippen LogP contribution in [-0.2, 0) is 9.53 Å². The number of esters is 1. The third kappa shape index (κ3) is 3.03. The Hall–Kier alpha value is -1.43. The van der Waals surface area contributed by atoms with E-state index in [1.165, 1.54) is 13.0 Å². The van der Waals surface area contributed by atoms with E-state index in [-0.39, 0.29) is 10.0 Å². The molecule has 1 atom stereocenters. The Kier molecular flexibility index (Phi) is 4.00. The number of primary amides is 1. The number of rotatable bonds is 3. The molecule has 0 saturated carbocycles. The predicted molar refractivity (Wildman–Crippen MR) is 58.2 cm³/mol. The molecule has 0 saturated heterocycles. The Bertz CT molecular complexity index is 436. The second-order valence-corrected chi connectivity index (χ2v) is 3.93. The van der Waals surface area contributed by atoms with Crippen LogP contribution in [0, 0.1) is 5.82 Å². The summed E-state index contributed by atoms with van der Waals surface area (Å²) in [5.74, 6) is -1.96. The monoisotopic (exact) mass is 289 g/mol. The molecule has 1 aromatic carbocycles. The summed E-state index contributed by atoms with van der Waals surface area (Å²) in [5.41, 5.74) is 5.07. The summed E-state index contributed by atoms with van der Waals surface area (Å²) in [6, 6.07) is 3.51. The molecule has 0 radical (unpaired) electrons. The van der Waals surface area contributed by atoms with Gasteiger partial charge < -0.3 is 10.5 Å². The molecule has 1 rings (SSSR count). The van der Waals surface area contributed by atoms with E-state index in [0.717, 1.165) is 12.1 Å². The minimum Gasteiger partial charge on any atom is -0.449 e. The quantitative estimate of drug-likeness (QED) is 0.860. The second-order valence-electron chi connectivity index (χ2n) is 3.07. The van der Waals surface area contributed by atoms with Crippen molar-refractivity contribution in [3.05, 3.63) is 34.1 Å². The van der Waals surface area contributed by atoms with Crippen molar-refractivity contribution in [3.63, 3.8) is 0 Å². The van der Waals surface area contributed by atoms with Gasteiger partial charge in [-0.3, -0.25) is 4.79 Å². The van der Waals surface area contributed by atoms with Gasteiger partial charge in [-0.1, -0.05) is 0 Å². The summed E-state index contributed by atoms with van der Waals surface area (Å²) in [6.07, 6.45) is -1.02. The minimum absolute atomic E-state index is 0.134. The minimum atomic E-state index is -1.02. The van der Waals surface area contributed by atoms with Crippen molar-refractivity contribution in [3.8, 4) is 0 Å². The van der Waals surface area contributed by atoms with E-state index in [1.807, 2.05) is 0 Å². The molecule has 0 spiro atoms. The number of carbonyl (C=O) groups excluding carboxylic acids is 2. The first kappa shape index (κ1) is 12.6. The molecule has 0 aliphatic rings. The van der Waals surface area contributed by atoms with Crippen LogP contribution in [0.25, 0.3) is 0 Å². The highest BCUT2D eigenvalue weighted by molar-refractivity contribution is 9.10. The number of hydrogen-bond acceptors (Lipinski definition) is 3. The van der Waals surface area contributed by atoms with Gasteiger partial charge in [0, 0.05) is 4.47 Å². The molecule has 0 heterocycles. The van der Waals surface area contributed by atoms with Gasteiger partial charge in [-0.15, -0.1) is 0 Å². The molecule has 0 aliphatic carbocycles. The first-order valence-electron chi connectivity index (χ1n) is 4.37. The molecule has 0 bridgehead atoms. The Morgan fingerprint density at radius 1 is 1.50 bits per heavy atom. The summed E-state index contributed by atoms with van der Waals surface area (Å²) in [6.45, 7) is 1.36. The van der Waals surface area contributed by atoms with Crippen molar-refractivity contribution in [2.75, 3.05) is 0 Å². The molecular weight excluding hydrogens is 281 g/mol. The summed E-state index contributed by atoms with van der Waals surface area (Å²) in [4.78, 5) is 22.2. The van der Waals surface area contributed by atoms with Crippen LogP contribution in [0.15, 0.2) is 22.7 Å². The van der Waals surface area contributed by atoms with E-state index >= 15 is 0 Å². The lowest BCUT2D eigenvalue weighted by Gasteiger charge is -2.10. The summed E-state index contributed by atoms with van der Waals surface area (Å²) in [7, 11) is 0. The van der Waals surface area contributed by atoms with Crippen LogP contribution in [0.5, 0.6) is 0 Å². The van der Waals surface area contributed by atoms with Crippen LogP contribution in [0.2, 0.25) is 0 Å². The summed E-state index contributed by atoms with van der Waals surface area (Å²) < 4.78 is 17.8. The Balaban J connectivity index is 2.85. The normalized spacial score (nSPS) is 11.9. The largest absolute Gasteiger partial charge is 0.449 e. The maximum atomic E-state index is 12.7. The van der Waals surface area contributed by atoms with E-state index in [4.69, 9.17) is 10.5 Å². The van der Waals surface area contributed by atoms with E-state index in [9.17, 15) is 14.0 Å². The zero-order chi connectivity index (χ0) is 12.3. The molecule has 6 heteroatoms. The fourth-order valence-corrected chi connectivity index (χ4v) is 1.45. The number of carbonyl (C=O) groups is 2. The third-order valence-electron chi connectivity index (χ3n) is 1.84. The number of halogens is 2. The van der Waals surface area contributed by atoms with Crippen molar-refractivity contribution in [2.45, 2.75) is 13.0 Å². The molecule has 2 N–H and O–H groups in total. The first-order chi connectivity index (χ1) is 7.41. The Labute approximate surface area is 99.7 Å². The van der Waals surface area contributed by atoms with Crippen LogP contribution in [0.3, 0.4) is 0 Å². The van der Waals surface area contributed by atoms with Crippen molar-refractivity contribution >= 4 is 27.8 Å². The third-order valence-corrected chi connectivity index (χ3v) is 2.49. The van der Waals surface area contributed by atoms with Crippen molar-refractivity contribution in [2.24, 2.45) is 5.73 Å². The molecule has 0 fully saturated rings. The first-order valence-corrected chi connectivity index (χ1v) is 5.16. The molecule has 86 valence electrons. The maximum absolute atomic E-state index is 12.7. The smallest absolute Gasteiger partial charge is 0.340 e. The Morgan fingerprint density at radius 3 is 2.62 bits per heavy atom. The predicted octanol–water partition coefficient (Wildman–Crippen LogP) is 1.62. The number of benzene rings is 1. The van der Waals surface area contributed by atoms with Gasteiger partial charge in [0.2, 0.25) is 0 Å². The van der Waals surface area contributed by atoms with Gasteiger partial charge in [0.05, 0.1) is 5.56 Å². The highest BCUT2D eigenvalue weighted by Crippen LogP contribution is 2.19. The maximum Gasteiger partial charge on any atom is 0.340 e. The Morgan fingerprint density at radius 2 is 2.12 bits per heavy atom. The summed E-state index contributed by atoms with van der Waals surface area (Å²) >= 11 is 3.02. The van der Waals surface area contributed by atoms with E-state index in [0.29, 0.717) is 0 Å². The van der Waals surface area contributed by atoms with Crippen LogP contribution in [-0.4, -0.2) is 18.0 Å². The van der Waals surface area contributed by atoms with Crippen molar-refractivity contribution in [1.29, 1.82) is 0 Å². The lowest BCUT2D eigenvalue weighted by Crippen LogP contribution is -2.30. The number of hydrogen-bond donors (Lipinski definition) is 1. The average Bonchev–Trinajstić information content (AvgIpc) is 2.16. The fourth-order valence-electron chi connectivity index (χ4n) is 0.937. The molecule has 0 unspecified atom stereocenters. The summed E-state index contributed by atoms with van der Waals surface area (Å²) in [5, 5.41) is 0. The number of ether oxygens (including phenoxy) is 1. The highest BCUT2D eigenvalue weighted by atomic mass is 79.9. The topological polar surface area (TPSA) is 69.4 Å². The van der Waals surface area contributed by atoms with Gasteiger partial charge in [0.25, 0.3) is 5.91 Å². The SMILES string of the molecule is C[C@H](OC(=O)c1ccc(F)cc1Br)C(N)=O. The molecule has 4 nitrogen and oxygen atoms in total. The lowest BCUT2D eigenvalue weighted by atomic mass is 10.2. The van der Waals surface area contributed by atoms with Gasteiger partial charge in [-0.2, -0.15) is 0 Å². The lowest BCUT2D eigenvalue weighted by molar-refractivity contribution is -0.125. The van der Waals surface area contributed by atoms with Crippen LogP contribution < -0.4 is 5.73 Å².